The quantitative estimate of drug-likeness (QED) is 0.471. The van der Waals surface area contributed by atoms with Crippen LogP contribution in [0.4, 0.5) is 5.69 Å². The third-order valence-electron chi connectivity index (χ3n) is 4.60. The van der Waals surface area contributed by atoms with Crippen molar-refractivity contribution >= 4 is 38.9 Å². The molecule has 7 nitrogen and oxygen atoms in total. The fourth-order valence-corrected chi connectivity index (χ4v) is 4.84. The summed E-state index contributed by atoms with van der Waals surface area (Å²) >= 11 is 1.36. The van der Waals surface area contributed by atoms with E-state index in [4.69, 9.17) is 0 Å². The van der Waals surface area contributed by atoms with Gasteiger partial charge in [-0.3, -0.25) is 9.59 Å². The first-order valence-electron chi connectivity index (χ1n) is 9.48. The molecule has 1 heterocycles. The highest BCUT2D eigenvalue weighted by Gasteiger charge is 2.27. The Kier molecular flexibility index (Phi) is 6.89. The van der Waals surface area contributed by atoms with Crippen molar-refractivity contribution in [2.45, 2.75) is 24.8 Å². The highest BCUT2D eigenvalue weighted by molar-refractivity contribution is 7.89. The van der Waals surface area contributed by atoms with Crippen LogP contribution in [0.25, 0.3) is 11.1 Å². The van der Waals surface area contributed by atoms with Crippen LogP contribution in [0.1, 0.15) is 23.5 Å². The lowest BCUT2D eigenvalue weighted by Gasteiger charge is -2.18. The molecule has 162 valence electrons. The second-order valence-corrected chi connectivity index (χ2v) is 9.88. The van der Waals surface area contributed by atoms with Crippen molar-refractivity contribution in [1.82, 2.24) is 4.72 Å². The molecule has 0 spiro atoms. The lowest BCUT2D eigenvalue weighted by molar-refractivity contribution is -0.140. The van der Waals surface area contributed by atoms with E-state index in [2.05, 4.69) is 10.0 Å². The summed E-state index contributed by atoms with van der Waals surface area (Å²) in [6.07, 6.45) is 0. The standard InChI is InChI=1S/C22H22N2O5S2/c1-14(2)20(22(26)27)24-31(28,29)18-11-7-16(8-12-18)15-5-9-17(10-6-15)23-21(25)19-4-3-13-30-19/h3-14,20,24H,1-2H3,(H,23,25)(H,26,27)/t20-/m1/s1. The summed E-state index contributed by atoms with van der Waals surface area (Å²) in [5.41, 5.74) is 2.28. The van der Waals surface area contributed by atoms with Crippen LogP contribution in [0.2, 0.25) is 0 Å². The molecule has 0 aliphatic rings. The normalized spacial score (nSPS) is 12.5. The van der Waals surface area contributed by atoms with Crippen LogP contribution in [0.5, 0.6) is 0 Å². The fraction of sp³-hybridized carbons (Fsp3) is 0.182. The van der Waals surface area contributed by atoms with Crippen LogP contribution in [0.3, 0.4) is 0 Å². The van der Waals surface area contributed by atoms with E-state index in [0.717, 1.165) is 11.1 Å². The average Bonchev–Trinajstić information content (AvgIpc) is 3.27. The number of rotatable bonds is 8. The summed E-state index contributed by atoms with van der Waals surface area (Å²) in [4.78, 5) is 24.0. The van der Waals surface area contributed by atoms with Crippen LogP contribution in [0, 0.1) is 5.92 Å². The number of carboxylic acid groups (broad SMARTS) is 1. The minimum absolute atomic E-state index is 0.0111. The largest absolute Gasteiger partial charge is 0.480 e. The van der Waals surface area contributed by atoms with Crippen LogP contribution >= 0.6 is 11.3 Å². The molecule has 1 atom stereocenters. The molecule has 3 rings (SSSR count). The van der Waals surface area contributed by atoms with E-state index in [9.17, 15) is 23.1 Å². The number of sulfonamides is 1. The Morgan fingerprint density at radius 3 is 2.00 bits per heavy atom. The zero-order chi connectivity index (χ0) is 22.6. The molecule has 1 amide bonds. The van der Waals surface area contributed by atoms with Crippen molar-refractivity contribution in [3.05, 3.63) is 70.9 Å². The smallest absolute Gasteiger partial charge is 0.322 e. The molecule has 0 aliphatic heterocycles. The molecule has 9 heteroatoms. The van der Waals surface area contributed by atoms with Crippen molar-refractivity contribution in [3.8, 4) is 11.1 Å². The number of carboxylic acids is 1. The van der Waals surface area contributed by atoms with E-state index in [-0.39, 0.29) is 10.8 Å². The molecule has 0 bridgehead atoms. The Hall–Kier alpha value is -3.01. The molecule has 0 fully saturated rings. The SMILES string of the molecule is CC(C)[C@@H](NS(=O)(=O)c1ccc(-c2ccc(NC(=O)c3cccs3)cc2)cc1)C(=O)O. The average molecular weight is 459 g/mol. The van der Waals surface area contributed by atoms with Gasteiger partial charge in [-0.15, -0.1) is 11.3 Å². The van der Waals surface area contributed by atoms with Crippen LogP contribution in [-0.2, 0) is 14.8 Å². The highest BCUT2D eigenvalue weighted by Crippen LogP contribution is 2.24. The van der Waals surface area contributed by atoms with Crippen molar-refractivity contribution in [3.63, 3.8) is 0 Å². The van der Waals surface area contributed by atoms with Crippen molar-refractivity contribution in [2.24, 2.45) is 5.92 Å². The maximum Gasteiger partial charge on any atom is 0.322 e. The molecule has 2 aromatic carbocycles. The van der Waals surface area contributed by atoms with Gasteiger partial charge in [-0.25, -0.2) is 8.42 Å². The lowest BCUT2D eigenvalue weighted by atomic mass is 10.1. The summed E-state index contributed by atoms with van der Waals surface area (Å²) in [5.74, 6) is -1.79. The molecule has 3 aromatic rings. The third-order valence-corrected chi connectivity index (χ3v) is 6.93. The van der Waals surface area contributed by atoms with Crippen molar-refractivity contribution in [1.29, 1.82) is 0 Å². The number of carbonyl (C=O) groups excluding carboxylic acids is 1. The zero-order valence-electron chi connectivity index (χ0n) is 16.9. The van der Waals surface area contributed by atoms with E-state index >= 15 is 0 Å². The molecule has 31 heavy (non-hydrogen) atoms. The maximum absolute atomic E-state index is 12.5. The first kappa shape index (κ1) is 22.7. The maximum atomic E-state index is 12.5. The number of hydrogen-bond donors (Lipinski definition) is 3. The monoisotopic (exact) mass is 458 g/mol. The predicted molar refractivity (Wildman–Crippen MR) is 121 cm³/mol. The van der Waals surface area contributed by atoms with E-state index < -0.39 is 28.0 Å². The molecule has 0 radical (unpaired) electrons. The molecule has 0 saturated carbocycles. The first-order chi connectivity index (χ1) is 14.7. The molecule has 0 aliphatic carbocycles. The highest BCUT2D eigenvalue weighted by atomic mass is 32.2. The number of amides is 1. The van der Waals surface area contributed by atoms with E-state index in [0.29, 0.717) is 10.6 Å². The summed E-state index contributed by atoms with van der Waals surface area (Å²) in [7, 11) is -3.97. The van der Waals surface area contributed by atoms with Gasteiger partial charge in [0, 0.05) is 5.69 Å². The number of anilines is 1. The van der Waals surface area contributed by atoms with E-state index in [1.807, 2.05) is 23.6 Å². The molecule has 0 unspecified atom stereocenters. The van der Waals surface area contributed by atoms with Gasteiger partial charge < -0.3 is 10.4 Å². The van der Waals surface area contributed by atoms with Gasteiger partial charge in [-0.1, -0.05) is 44.2 Å². The zero-order valence-corrected chi connectivity index (χ0v) is 18.5. The van der Waals surface area contributed by atoms with E-state index in [1.54, 1.807) is 44.2 Å². The second-order valence-electron chi connectivity index (χ2n) is 7.21. The number of benzene rings is 2. The molecular weight excluding hydrogens is 436 g/mol. The molecule has 1 aromatic heterocycles. The number of aliphatic carboxylic acids is 1. The van der Waals surface area contributed by atoms with Gasteiger partial charge in [-0.2, -0.15) is 4.72 Å². The van der Waals surface area contributed by atoms with Crippen molar-refractivity contribution < 1.29 is 23.1 Å². The van der Waals surface area contributed by atoms with Gasteiger partial charge in [0.2, 0.25) is 10.0 Å². The number of carbonyl (C=O) groups is 2. The summed E-state index contributed by atoms with van der Waals surface area (Å²) in [6, 6.07) is 15.7. The van der Waals surface area contributed by atoms with E-state index in [1.165, 1.54) is 23.5 Å². The Morgan fingerprint density at radius 2 is 1.52 bits per heavy atom. The van der Waals surface area contributed by atoms with Crippen LogP contribution < -0.4 is 10.0 Å². The number of nitrogens with one attached hydrogen (secondary N) is 2. The summed E-state index contributed by atoms with van der Waals surface area (Å²) in [5, 5.41) is 13.9. The number of thiophene rings is 1. The predicted octanol–water partition coefficient (Wildman–Crippen LogP) is 4.05. The Bertz CT molecular complexity index is 1150. The van der Waals surface area contributed by atoms with Gasteiger partial charge in [0.15, 0.2) is 0 Å². The molecule has 0 saturated heterocycles. The summed E-state index contributed by atoms with van der Waals surface area (Å²) in [6.45, 7) is 3.27. The van der Waals surface area contributed by atoms with Crippen LogP contribution in [0.15, 0.2) is 70.9 Å². The van der Waals surface area contributed by atoms with Gasteiger partial charge in [0.05, 0.1) is 9.77 Å². The number of hydrogen-bond acceptors (Lipinski definition) is 5. The van der Waals surface area contributed by atoms with Gasteiger partial charge in [0.1, 0.15) is 6.04 Å². The van der Waals surface area contributed by atoms with Crippen molar-refractivity contribution in [2.75, 3.05) is 5.32 Å². The minimum atomic E-state index is -3.97. The lowest BCUT2D eigenvalue weighted by Crippen LogP contribution is -2.44. The fourth-order valence-electron chi connectivity index (χ4n) is 2.88. The summed E-state index contributed by atoms with van der Waals surface area (Å²) < 4.78 is 27.3. The Morgan fingerprint density at radius 1 is 0.935 bits per heavy atom. The first-order valence-corrected chi connectivity index (χ1v) is 11.8. The topological polar surface area (TPSA) is 113 Å². The van der Waals surface area contributed by atoms with Gasteiger partial charge >= 0.3 is 5.97 Å². The molecular formula is C22H22N2O5S2. The third kappa shape index (κ3) is 5.57. The van der Waals surface area contributed by atoms with Gasteiger partial charge in [0.25, 0.3) is 5.91 Å². The molecule has 3 N–H and O–H groups in total. The Labute approximate surface area is 184 Å². The Balaban J connectivity index is 1.72. The van der Waals surface area contributed by atoms with Gasteiger partial charge in [-0.05, 0) is 52.8 Å². The minimum Gasteiger partial charge on any atom is -0.480 e. The van der Waals surface area contributed by atoms with Crippen LogP contribution in [-0.4, -0.2) is 31.4 Å². The second kappa shape index (κ2) is 9.42.